The monoisotopic (exact) mass is 306 g/mol. The number of aromatic nitrogens is 4. The third kappa shape index (κ3) is 3.80. The Morgan fingerprint density at radius 3 is 2.65 bits per heavy atom. The van der Waals surface area contributed by atoms with Gasteiger partial charge in [-0.3, -0.25) is 0 Å². The van der Waals surface area contributed by atoms with Crippen LogP contribution in [0.3, 0.4) is 0 Å². The van der Waals surface area contributed by atoms with Crippen LogP contribution < -0.4 is 4.74 Å². The molecule has 17 heavy (non-hydrogen) atoms. The lowest BCUT2D eigenvalue weighted by atomic mass is 10.9. The predicted octanol–water partition coefficient (Wildman–Crippen LogP) is 2.80. The Bertz CT molecular complexity index is 472. The molecule has 9 heteroatoms. The normalized spacial score (nSPS) is 10.7. The maximum absolute atomic E-state index is 5.27. The van der Waals surface area contributed by atoms with E-state index in [4.69, 9.17) is 4.74 Å². The Hall–Kier alpha value is -0.380. The molecule has 2 rings (SSSR count). The first-order valence-electron chi connectivity index (χ1n) is 4.77. The molecule has 92 valence electrons. The number of hydrogen-bond donors (Lipinski definition) is 0. The van der Waals surface area contributed by atoms with Gasteiger partial charge in [0.15, 0.2) is 8.68 Å². The van der Waals surface area contributed by atoms with Crippen LogP contribution in [0.15, 0.2) is 8.68 Å². The molecule has 0 aliphatic heterocycles. The van der Waals surface area contributed by atoms with Crippen molar-refractivity contribution in [2.75, 3.05) is 12.9 Å². The van der Waals surface area contributed by atoms with Crippen LogP contribution in [0.5, 0.6) is 5.19 Å². The fraction of sp³-hybridized carbons (Fsp3) is 0.500. The second-order valence-corrected chi connectivity index (χ2v) is 7.00. The van der Waals surface area contributed by atoms with Gasteiger partial charge in [0.1, 0.15) is 5.01 Å². The lowest BCUT2D eigenvalue weighted by Gasteiger charge is -1.92. The summed E-state index contributed by atoms with van der Waals surface area (Å²) in [5, 5.41) is 17.7. The van der Waals surface area contributed by atoms with E-state index in [1.54, 1.807) is 34.9 Å². The standard InChI is InChI=1S/C8H10N4OS4/c1-3-13-6-10-9-5(16-6)4-15-8-12-11-7(14-2)17-8/h3-4H2,1-2H3. The van der Waals surface area contributed by atoms with Crippen molar-refractivity contribution in [3.8, 4) is 5.19 Å². The lowest BCUT2D eigenvalue weighted by Crippen LogP contribution is -1.89. The summed E-state index contributed by atoms with van der Waals surface area (Å²) in [5.74, 6) is 0.758. The van der Waals surface area contributed by atoms with Crippen molar-refractivity contribution < 1.29 is 4.74 Å². The maximum atomic E-state index is 5.27. The van der Waals surface area contributed by atoms with Gasteiger partial charge < -0.3 is 4.74 Å². The Morgan fingerprint density at radius 2 is 1.94 bits per heavy atom. The molecule has 0 bridgehead atoms. The first-order chi connectivity index (χ1) is 8.31. The molecule has 2 aromatic rings. The van der Waals surface area contributed by atoms with Gasteiger partial charge in [0.25, 0.3) is 5.19 Å². The number of hydrogen-bond acceptors (Lipinski definition) is 9. The first kappa shape index (κ1) is 13.1. The van der Waals surface area contributed by atoms with Gasteiger partial charge in [0, 0.05) is 0 Å². The molecule has 0 aliphatic carbocycles. The molecule has 0 unspecified atom stereocenters. The SMILES string of the molecule is CCOc1nnc(CSc2nnc(SC)s2)s1. The van der Waals surface area contributed by atoms with Crippen molar-refractivity contribution in [1.29, 1.82) is 0 Å². The highest BCUT2D eigenvalue weighted by molar-refractivity contribution is 8.02. The van der Waals surface area contributed by atoms with Crippen molar-refractivity contribution in [3.63, 3.8) is 0 Å². The summed E-state index contributed by atoms with van der Waals surface area (Å²) in [7, 11) is 0. The van der Waals surface area contributed by atoms with Crippen molar-refractivity contribution >= 4 is 46.2 Å². The van der Waals surface area contributed by atoms with Crippen LogP contribution in [-0.2, 0) is 5.75 Å². The van der Waals surface area contributed by atoms with Gasteiger partial charge in [-0.2, -0.15) is 0 Å². The van der Waals surface area contributed by atoms with Crippen LogP contribution in [0.1, 0.15) is 11.9 Å². The van der Waals surface area contributed by atoms with Crippen molar-refractivity contribution in [2.24, 2.45) is 0 Å². The number of ether oxygens (including phenoxy) is 1. The summed E-state index contributed by atoms with van der Waals surface area (Å²) in [5.41, 5.74) is 0. The van der Waals surface area contributed by atoms with E-state index in [1.807, 2.05) is 13.2 Å². The van der Waals surface area contributed by atoms with E-state index in [0.29, 0.717) is 11.8 Å². The fourth-order valence-electron chi connectivity index (χ4n) is 0.940. The highest BCUT2D eigenvalue weighted by Gasteiger charge is 2.08. The second-order valence-electron chi connectivity index (χ2n) is 2.72. The number of rotatable bonds is 6. The van der Waals surface area contributed by atoms with Crippen LogP contribution in [-0.4, -0.2) is 33.3 Å². The third-order valence-electron chi connectivity index (χ3n) is 1.60. The van der Waals surface area contributed by atoms with Crippen molar-refractivity contribution in [1.82, 2.24) is 20.4 Å². The Morgan fingerprint density at radius 1 is 1.12 bits per heavy atom. The van der Waals surface area contributed by atoms with E-state index >= 15 is 0 Å². The van der Waals surface area contributed by atoms with Gasteiger partial charge in [0.05, 0.1) is 12.4 Å². The average molecular weight is 306 g/mol. The quantitative estimate of drug-likeness (QED) is 0.760. The molecule has 2 aromatic heterocycles. The molecular formula is C8H10N4OS4. The van der Waals surface area contributed by atoms with Crippen LogP contribution in [0.25, 0.3) is 0 Å². The van der Waals surface area contributed by atoms with Crippen LogP contribution in [0, 0.1) is 0 Å². The van der Waals surface area contributed by atoms with Crippen LogP contribution in [0.2, 0.25) is 0 Å². The zero-order valence-corrected chi connectivity index (χ0v) is 12.5. The zero-order valence-electron chi connectivity index (χ0n) is 9.24. The summed E-state index contributed by atoms with van der Waals surface area (Å²) in [4.78, 5) is 0. The van der Waals surface area contributed by atoms with E-state index in [-0.39, 0.29) is 0 Å². The fourth-order valence-corrected chi connectivity index (χ4v) is 4.11. The largest absolute Gasteiger partial charge is 0.469 e. The van der Waals surface area contributed by atoms with E-state index in [0.717, 1.165) is 19.4 Å². The summed E-state index contributed by atoms with van der Waals surface area (Å²) in [6.45, 7) is 2.55. The minimum atomic E-state index is 0.620. The minimum Gasteiger partial charge on any atom is -0.469 e. The molecule has 5 nitrogen and oxygen atoms in total. The molecule has 0 aromatic carbocycles. The van der Waals surface area contributed by atoms with Gasteiger partial charge in [-0.1, -0.05) is 46.2 Å². The molecule has 0 spiro atoms. The van der Waals surface area contributed by atoms with E-state index in [1.165, 1.54) is 11.3 Å². The van der Waals surface area contributed by atoms with E-state index in [2.05, 4.69) is 20.4 Å². The van der Waals surface area contributed by atoms with Crippen LogP contribution >= 0.6 is 46.2 Å². The number of nitrogens with zero attached hydrogens (tertiary/aromatic N) is 4. The van der Waals surface area contributed by atoms with Crippen molar-refractivity contribution in [2.45, 2.75) is 21.4 Å². The number of thioether (sulfide) groups is 2. The molecule has 0 amide bonds. The molecular weight excluding hydrogens is 296 g/mol. The lowest BCUT2D eigenvalue weighted by molar-refractivity contribution is 0.335. The molecule has 0 saturated carbocycles. The smallest absolute Gasteiger partial charge is 0.294 e. The molecule has 0 atom stereocenters. The Labute approximate surface area is 115 Å². The van der Waals surface area contributed by atoms with Gasteiger partial charge in [-0.05, 0) is 13.2 Å². The third-order valence-corrected chi connectivity index (χ3v) is 5.66. The molecule has 2 heterocycles. The van der Waals surface area contributed by atoms with Gasteiger partial charge in [-0.15, -0.1) is 20.4 Å². The molecule has 0 aliphatic rings. The van der Waals surface area contributed by atoms with Gasteiger partial charge >= 0.3 is 0 Å². The Balaban J connectivity index is 1.88. The molecule has 0 fully saturated rings. The molecule has 0 N–H and O–H groups in total. The first-order valence-corrected chi connectivity index (χ1v) is 8.61. The highest BCUT2D eigenvalue weighted by Crippen LogP contribution is 2.31. The molecule has 0 saturated heterocycles. The summed E-state index contributed by atoms with van der Waals surface area (Å²) >= 11 is 6.31. The minimum absolute atomic E-state index is 0.620. The summed E-state index contributed by atoms with van der Waals surface area (Å²) in [6, 6.07) is 0. The topological polar surface area (TPSA) is 60.8 Å². The second kappa shape index (κ2) is 6.53. The zero-order chi connectivity index (χ0) is 12.1. The highest BCUT2D eigenvalue weighted by atomic mass is 32.2. The maximum Gasteiger partial charge on any atom is 0.294 e. The summed E-state index contributed by atoms with van der Waals surface area (Å²) < 4.78 is 7.21. The Kier molecular flexibility index (Phi) is 5.01. The van der Waals surface area contributed by atoms with Crippen molar-refractivity contribution in [3.05, 3.63) is 5.01 Å². The van der Waals surface area contributed by atoms with Crippen LogP contribution in [0.4, 0.5) is 0 Å². The molecule has 0 radical (unpaired) electrons. The van der Waals surface area contributed by atoms with Gasteiger partial charge in [0.2, 0.25) is 0 Å². The van der Waals surface area contributed by atoms with E-state index in [9.17, 15) is 0 Å². The van der Waals surface area contributed by atoms with E-state index < -0.39 is 0 Å². The summed E-state index contributed by atoms with van der Waals surface area (Å²) in [6.07, 6.45) is 1.99. The van der Waals surface area contributed by atoms with Gasteiger partial charge in [-0.25, -0.2) is 0 Å². The average Bonchev–Trinajstić information content (AvgIpc) is 2.95. The predicted molar refractivity (Wildman–Crippen MR) is 72.3 cm³/mol.